The Labute approximate surface area is 162 Å². The van der Waals surface area contributed by atoms with Crippen LogP contribution in [0.5, 0.6) is 0 Å². The number of carbonyl (C=O) groups is 2. The molecule has 146 valence electrons. The van der Waals surface area contributed by atoms with Gasteiger partial charge in [0.25, 0.3) is 0 Å². The van der Waals surface area contributed by atoms with Gasteiger partial charge in [0.05, 0.1) is 23.0 Å². The summed E-state index contributed by atoms with van der Waals surface area (Å²) in [6.45, 7) is 0.170. The second-order valence-electron chi connectivity index (χ2n) is 5.95. The number of terminal acetylenes is 1. The fourth-order valence-corrected chi connectivity index (χ4v) is 4.41. The molecule has 10 heteroatoms. The molecule has 1 heterocycles. The summed E-state index contributed by atoms with van der Waals surface area (Å²) >= 11 is 5.66. The van der Waals surface area contributed by atoms with E-state index in [9.17, 15) is 22.4 Å². The normalized spacial score (nSPS) is 15.7. The number of nitrogens with one attached hydrogen (secondary N) is 2. The van der Waals surface area contributed by atoms with Gasteiger partial charge in [0.1, 0.15) is 5.82 Å². The largest absolute Gasteiger partial charge is 0.347 e. The standard InChI is InChI=1S/C17H19ClFN3O4S/c1-2-7-20-16(23)11-21-17(24)12-5-8-22(9-6-12)27(25,26)13-3-4-15(19)14(18)10-13/h1,3-4,10,12H,5-9,11H2,(H,20,23)(H,21,24). The zero-order chi connectivity index (χ0) is 20.0. The molecule has 0 spiro atoms. The Morgan fingerprint density at radius 2 is 1.96 bits per heavy atom. The highest BCUT2D eigenvalue weighted by atomic mass is 35.5. The lowest BCUT2D eigenvalue weighted by Crippen LogP contribution is -2.45. The molecule has 2 amide bonds. The molecule has 7 nitrogen and oxygen atoms in total. The lowest BCUT2D eigenvalue weighted by molar-refractivity contribution is -0.129. The topological polar surface area (TPSA) is 95.6 Å². The van der Waals surface area contributed by atoms with Crippen LogP contribution in [-0.2, 0) is 19.6 Å². The first-order valence-corrected chi connectivity index (χ1v) is 10.0. The van der Waals surface area contributed by atoms with Crippen LogP contribution in [-0.4, -0.2) is 50.7 Å². The number of piperidine rings is 1. The lowest BCUT2D eigenvalue weighted by Gasteiger charge is -2.30. The Morgan fingerprint density at radius 3 is 2.56 bits per heavy atom. The monoisotopic (exact) mass is 415 g/mol. The van der Waals surface area contributed by atoms with Crippen LogP contribution >= 0.6 is 11.6 Å². The summed E-state index contributed by atoms with van der Waals surface area (Å²) in [6.07, 6.45) is 5.65. The van der Waals surface area contributed by atoms with E-state index in [0.717, 1.165) is 18.2 Å². The average molecular weight is 416 g/mol. The van der Waals surface area contributed by atoms with Gasteiger partial charge >= 0.3 is 0 Å². The first-order valence-electron chi connectivity index (χ1n) is 8.18. The Morgan fingerprint density at radius 1 is 1.30 bits per heavy atom. The smallest absolute Gasteiger partial charge is 0.243 e. The van der Waals surface area contributed by atoms with Gasteiger partial charge in [0, 0.05) is 19.0 Å². The van der Waals surface area contributed by atoms with Crippen molar-refractivity contribution < 1.29 is 22.4 Å². The van der Waals surface area contributed by atoms with Crippen molar-refractivity contribution in [2.45, 2.75) is 17.7 Å². The average Bonchev–Trinajstić information content (AvgIpc) is 2.66. The van der Waals surface area contributed by atoms with Gasteiger partial charge in [0.2, 0.25) is 21.8 Å². The molecule has 1 aliphatic rings. The molecule has 0 saturated carbocycles. The third kappa shape index (κ3) is 5.42. The zero-order valence-electron chi connectivity index (χ0n) is 14.4. The summed E-state index contributed by atoms with van der Waals surface area (Å²) in [4.78, 5) is 23.5. The molecule has 0 aliphatic carbocycles. The van der Waals surface area contributed by atoms with E-state index in [1.54, 1.807) is 0 Å². The summed E-state index contributed by atoms with van der Waals surface area (Å²) in [7, 11) is -3.82. The van der Waals surface area contributed by atoms with E-state index in [2.05, 4.69) is 16.6 Å². The fraction of sp³-hybridized carbons (Fsp3) is 0.412. The molecule has 2 N–H and O–H groups in total. The molecule has 1 aromatic rings. The maximum Gasteiger partial charge on any atom is 0.243 e. The molecule has 1 fully saturated rings. The van der Waals surface area contributed by atoms with Crippen LogP contribution in [0.3, 0.4) is 0 Å². The summed E-state index contributed by atoms with van der Waals surface area (Å²) in [5, 5.41) is 4.67. The Balaban J connectivity index is 1.90. The van der Waals surface area contributed by atoms with Crippen LogP contribution in [0.4, 0.5) is 4.39 Å². The van der Waals surface area contributed by atoms with Gasteiger partial charge < -0.3 is 10.6 Å². The van der Waals surface area contributed by atoms with Crippen molar-refractivity contribution in [2.24, 2.45) is 5.92 Å². The fourth-order valence-electron chi connectivity index (χ4n) is 2.67. The number of nitrogens with zero attached hydrogens (tertiary/aromatic N) is 1. The van der Waals surface area contributed by atoms with Crippen molar-refractivity contribution in [1.29, 1.82) is 0 Å². The molecule has 27 heavy (non-hydrogen) atoms. The molecule has 1 saturated heterocycles. The molecule has 0 unspecified atom stereocenters. The van der Waals surface area contributed by atoms with E-state index in [-0.39, 0.29) is 42.0 Å². The first-order chi connectivity index (χ1) is 12.8. The molecule has 0 bridgehead atoms. The SMILES string of the molecule is C#CCNC(=O)CNC(=O)C1CCN(S(=O)(=O)c2ccc(F)c(Cl)c2)CC1. The maximum atomic E-state index is 13.2. The Bertz CT molecular complexity index is 861. The van der Waals surface area contributed by atoms with E-state index in [1.165, 1.54) is 4.31 Å². The number of rotatable bonds is 6. The van der Waals surface area contributed by atoms with Crippen LogP contribution in [0.1, 0.15) is 12.8 Å². The number of amides is 2. The predicted molar refractivity (Wildman–Crippen MR) is 97.7 cm³/mol. The molecule has 0 aromatic heterocycles. The highest BCUT2D eigenvalue weighted by Crippen LogP contribution is 2.26. The third-order valence-electron chi connectivity index (χ3n) is 4.16. The predicted octanol–water partition coefficient (Wildman–Crippen LogP) is 0.745. The summed E-state index contributed by atoms with van der Waals surface area (Å²) in [5.74, 6) is 0.454. The minimum Gasteiger partial charge on any atom is -0.347 e. The van der Waals surface area contributed by atoms with Crippen LogP contribution in [0.15, 0.2) is 23.1 Å². The highest BCUT2D eigenvalue weighted by Gasteiger charge is 2.32. The third-order valence-corrected chi connectivity index (χ3v) is 6.35. The van der Waals surface area contributed by atoms with Crippen molar-refractivity contribution in [3.05, 3.63) is 29.0 Å². The quantitative estimate of drug-likeness (QED) is 0.670. The number of sulfonamides is 1. The van der Waals surface area contributed by atoms with Gasteiger partial charge in [-0.25, -0.2) is 12.8 Å². The number of hydrogen-bond acceptors (Lipinski definition) is 4. The van der Waals surface area contributed by atoms with Crippen LogP contribution in [0.2, 0.25) is 5.02 Å². The van der Waals surface area contributed by atoms with E-state index in [1.807, 2.05) is 0 Å². The van der Waals surface area contributed by atoms with Crippen molar-refractivity contribution in [2.75, 3.05) is 26.2 Å². The number of hydrogen-bond donors (Lipinski definition) is 2. The van der Waals surface area contributed by atoms with Crippen molar-refractivity contribution in [3.63, 3.8) is 0 Å². The molecule has 1 aliphatic heterocycles. The highest BCUT2D eigenvalue weighted by molar-refractivity contribution is 7.89. The lowest BCUT2D eigenvalue weighted by atomic mass is 9.97. The van der Waals surface area contributed by atoms with Crippen LogP contribution in [0.25, 0.3) is 0 Å². The van der Waals surface area contributed by atoms with Crippen LogP contribution in [0, 0.1) is 24.1 Å². The second-order valence-corrected chi connectivity index (χ2v) is 8.30. The molecule has 2 rings (SSSR count). The van der Waals surface area contributed by atoms with E-state index >= 15 is 0 Å². The first kappa shape index (κ1) is 21.2. The van der Waals surface area contributed by atoms with Gasteiger partial charge in [-0.2, -0.15) is 4.31 Å². The number of halogens is 2. The van der Waals surface area contributed by atoms with Gasteiger partial charge in [-0.15, -0.1) is 6.42 Å². The molecule has 1 aromatic carbocycles. The van der Waals surface area contributed by atoms with Gasteiger partial charge in [0.15, 0.2) is 0 Å². The Kier molecular flexibility index (Phi) is 7.18. The molecule has 0 atom stereocenters. The van der Waals surface area contributed by atoms with Gasteiger partial charge in [-0.1, -0.05) is 17.5 Å². The van der Waals surface area contributed by atoms with Crippen molar-refractivity contribution in [1.82, 2.24) is 14.9 Å². The second kappa shape index (κ2) is 9.17. The maximum absolute atomic E-state index is 13.2. The van der Waals surface area contributed by atoms with Gasteiger partial charge in [-0.05, 0) is 31.0 Å². The summed E-state index contributed by atoms with van der Waals surface area (Å²) in [5.41, 5.74) is 0. The Hall–Kier alpha value is -2.15. The van der Waals surface area contributed by atoms with E-state index in [4.69, 9.17) is 18.0 Å². The van der Waals surface area contributed by atoms with Crippen LogP contribution < -0.4 is 10.6 Å². The number of benzene rings is 1. The van der Waals surface area contributed by atoms with E-state index < -0.39 is 27.7 Å². The number of carbonyl (C=O) groups excluding carboxylic acids is 2. The van der Waals surface area contributed by atoms with Gasteiger partial charge in [-0.3, -0.25) is 9.59 Å². The molecule has 0 radical (unpaired) electrons. The van der Waals surface area contributed by atoms with Crippen molar-refractivity contribution >= 4 is 33.4 Å². The minimum absolute atomic E-state index is 0.0817. The molecular weight excluding hydrogens is 397 g/mol. The zero-order valence-corrected chi connectivity index (χ0v) is 15.9. The minimum atomic E-state index is -3.82. The summed E-state index contributed by atoms with van der Waals surface area (Å²) < 4.78 is 39.7. The molecular formula is C17H19ClFN3O4S. The van der Waals surface area contributed by atoms with E-state index in [0.29, 0.717) is 12.8 Å². The summed E-state index contributed by atoms with van der Waals surface area (Å²) in [6, 6.07) is 3.23. The van der Waals surface area contributed by atoms with Crippen molar-refractivity contribution in [3.8, 4) is 12.3 Å².